The van der Waals surface area contributed by atoms with Crippen LogP contribution in [0.5, 0.6) is 0 Å². The van der Waals surface area contributed by atoms with Crippen molar-refractivity contribution in [2.24, 2.45) is 0 Å². The third-order valence-electron chi connectivity index (χ3n) is 2.20. The number of thioether (sulfide) groups is 1. The Bertz CT molecular complexity index is 313. The maximum Gasteiger partial charge on any atom is 0.269 e. The standard InChI is InChI=1S/C6H5NO2.C5H11NS/c8-7(9)6-4-2-1-3-5-6;1-6-2-4-7-5-3-6/h1-5H;2-5H2,1H3. The van der Waals surface area contributed by atoms with Gasteiger partial charge in [-0.2, -0.15) is 11.8 Å². The fraction of sp³-hybridized carbons (Fsp3) is 0.455. The molecule has 0 N–H and O–H groups in total. The predicted octanol–water partition coefficient (Wildman–Crippen LogP) is 2.26. The topological polar surface area (TPSA) is 46.4 Å². The highest BCUT2D eigenvalue weighted by Crippen LogP contribution is 2.07. The molecule has 0 spiro atoms. The van der Waals surface area contributed by atoms with Crippen molar-refractivity contribution in [1.29, 1.82) is 0 Å². The van der Waals surface area contributed by atoms with Gasteiger partial charge in [0.25, 0.3) is 5.69 Å². The molecule has 1 aliphatic rings. The van der Waals surface area contributed by atoms with Gasteiger partial charge in [0, 0.05) is 36.7 Å². The molecule has 2 rings (SSSR count). The Morgan fingerprint density at radius 3 is 2.12 bits per heavy atom. The largest absolute Gasteiger partial charge is 0.305 e. The van der Waals surface area contributed by atoms with Crippen LogP contribution in [-0.2, 0) is 0 Å². The summed E-state index contributed by atoms with van der Waals surface area (Å²) < 4.78 is 0. The fourth-order valence-electron chi connectivity index (χ4n) is 1.20. The van der Waals surface area contributed by atoms with Crippen LogP contribution in [0.25, 0.3) is 0 Å². The molecule has 0 aromatic heterocycles. The van der Waals surface area contributed by atoms with E-state index in [-0.39, 0.29) is 5.69 Å². The molecule has 1 aliphatic heterocycles. The molecular weight excluding hydrogens is 224 g/mol. The summed E-state index contributed by atoms with van der Waals surface area (Å²) >= 11 is 2.06. The lowest BCUT2D eigenvalue weighted by atomic mass is 10.3. The molecule has 0 amide bonds. The van der Waals surface area contributed by atoms with Crippen LogP contribution < -0.4 is 0 Å². The molecule has 4 nitrogen and oxygen atoms in total. The van der Waals surface area contributed by atoms with Gasteiger partial charge in [-0.3, -0.25) is 10.1 Å². The van der Waals surface area contributed by atoms with E-state index in [2.05, 4.69) is 23.7 Å². The molecule has 0 atom stereocenters. The van der Waals surface area contributed by atoms with E-state index in [0.29, 0.717) is 0 Å². The van der Waals surface area contributed by atoms with Crippen LogP contribution in [-0.4, -0.2) is 41.5 Å². The molecule has 1 fully saturated rings. The summed E-state index contributed by atoms with van der Waals surface area (Å²) in [7, 11) is 2.18. The minimum atomic E-state index is -0.417. The zero-order valence-electron chi connectivity index (χ0n) is 9.33. The van der Waals surface area contributed by atoms with Crippen LogP contribution in [0.3, 0.4) is 0 Å². The minimum absolute atomic E-state index is 0.137. The van der Waals surface area contributed by atoms with E-state index in [1.807, 2.05) is 0 Å². The number of para-hydroxylation sites is 1. The summed E-state index contributed by atoms with van der Waals surface area (Å²) in [6.45, 7) is 2.56. The summed E-state index contributed by atoms with van der Waals surface area (Å²) in [5.41, 5.74) is 0.137. The molecule has 0 bridgehead atoms. The summed E-state index contributed by atoms with van der Waals surface area (Å²) in [4.78, 5) is 12.0. The van der Waals surface area contributed by atoms with E-state index >= 15 is 0 Å². The predicted molar refractivity (Wildman–Crippen MR) is 67.9 cm³/mol. The maximum absolute atomic E-state index is 10.0. The third kappa shape index (κ3) is 5.14. The zero-order chi connectivity index (χ0) is 11.8. The van der Waals surface area contributed by atoms with Gasteiger partial charge in [0.1, 0.15) is 0 Å². The third-order valence-corrected chi connectivity index (χ3v) is 3.14. The first-order chi connectivity index (χ1) is 7.70. The van der Waals surface area contributed by atoms with Gasteiger partial charge in [-0.25, -0.2) is 0 Å². The van der Waals surface area contributed by atoms with Crippen molar-refractivity contribution >= 4 is 17.4 Å². The molecule has 16 heavy (non-hydrogen) atoms. The number of nitrogens with zero attached hydrogens (tertiary/aromatic N) is 2. The SMILES string of the molecule is CN1CCSCC1.O=[N+]([O-])c1ccccc1. The second-order valence-corrected chi connectivity index (χ2v) is 4.73. The monoisotopic (exact) mass is 240 g/mol. The number of rotatable bonds is 1. The van der Waals surface area contributed by atoms with Gasteiger partial charge in [0.05, 0.1) is 4.92 Å². The first-order valence-electron chi connectivity index (χ1n) is 5.16. The Morgan fingerprint density at radius 1 is 1.25 bits per heavy atom. The van der Waals surface area contributed by atoms with Crippen molar-refractivity contribution < 1.29 is 4.92 Å². The summed E-state index contributed by atoms with van der Waals surface area (Å²) in [5.74, 6) is 2.66. The Labute approximate surface area is 99.8 Å². The van der Waals surface area contributed by atoms with Crippen molar-refractivity contribution in [2.45, 2.75) is 0 Å². The molecule has 1 heterocycles. The lowest BCUT2D eigenvalue weighted by Gasteiger charge is -2.20. The van der Waals surface area contributed by atoms with E-state index < -0.39 is 4.92 Å². The highest BCUT2D eigenvalue weighted by molar-refractivity contribution is 7.99. The molecule has 0 aliphatic carbocycles. The number of non-ortho nitro benzene ring substituents is 1. The second-order valence-electron chi connectivity index (χ2n) is 3.51. The van der Waals surface area contributed by atoms with Crippen LogP contribution in [0.1, 0.15) is 0 Å². The van der Waals surface area contributed by atoms with Gasteiger partial charge in [0.15, 0.2) is 0 Å². The molecule has 1 aromatic carbocycles. The lowest BCUT2D eigenvalue weighted by molar-refractivity contribution is -0.384. The molecular formula is C11H16N2O2S. The Hall–Kier alpha value is -1.07. The number of hydrogen-bond acceptors (Lipinski definition) is 4. The summed E-state index contributed by atoms with van der Waals surface area (Å²) in [6.07, 6.45) is 0. The number of nitro groups is 1. The van der Waals surface area contributed by atoms with Gasteiger partial charge < -0.3 is 4.90 Å². The molecule has 0 saturated carbocycles. The van der Waals surface area contributed by atoms with Crippen LogP contribution in [0.15, 0.2) is 30.3 Å². The summed E-state index contributed by atoms with van der Waals surface area (Å²) in [6, 6.07) is 7.93. The van der Waals surface area contributed by atoms with Crippen molar-refractivity contribution in [1.82, 2.24) is 4.90 Å². The van der Waals surface area contributed by atoms with Crippen LogP contribution >= 0.6 is 11.8 Å². The molecule has 0 radical (unpaired) electrons. The van der Waals surface area contributed by atoms with Gasteiger partial charge in [0.2, 0.25) is 0 Å². The fourth-order valence-corrected chi connectivity index (χ4v) is 2.29. The van der Waals surface area contributed by atoms with Gasteiger partial charge in [-0.1, -0.05) is 18.2 Å². The average molecular weight is 240 g/mol. The van der Waals surface area contributed by atoms with Crippen molar-refractivity contribution in [2.75, 3.05) is 31.6 Å². The van der Waals surface area contributed by atoms with Crippen LogP contribution in [0.4, 0.5) is 5.69 Å². The Kier molecular flexibility index (Phi) is 5.88. The molecule has 1 saturated heterocycles. The second kappa shape index (κ2) is 7.24. The lowest BCUT2D eigenvalue weighted by Crippen LogP contribution is -2.28. The molecule has 0 unspecified atom stereocenters. The van der Waals surface area contributed by atoms with E-state index in [9.17, 15) is 10.1 Å². The zero-order valence-corrected chi connectivity index (χ0v) is 10.2. The summed E-state index contributed by atoms with van der Waals surface area (Å²) in [5, 5.41) is 10.0. The first kappa shape index (κ1) is 13.0. The van der Waals surface area contributed by atoms with Gasteiger partial charge in [-0.15, -0.1) is 0 Å². The van der Waals surface area contributed by atoms with Crippen LogP contribution in [0, 0.1) is 10.1 Å². The molecule has 1 aromatic rings. The van der Waals surface area contributed by atoms with Gasteiger partial charge in [-0.05, 0) is 7.05 Å². The van der Waals surface area contributed by atoms with E-state index in [0.717, 1.165) is 0 Å². The average Bonchev–Trinajstić information content (AvgIpc) is 2.32. The molecule has 88 valence electrons. The Morgan fingerprint density at radius 2 is 1.81 bits per heavy atom. The number of benzene rings is 1. The van der Waals surface area contributed by atoms with Crippen molar-refractivity contribution in [3.05, 3.63) is 40.4 Å². The van der Waals surface area contributed by atoms with Crippen LogP contribution in [0.2, 0.25) is 0 Å². The Balaban J connectivity index is 0.000000165. The maximum atomic E-state index is 10.0. The normalized spacial score (nSPS) is 16.1. The van der Waals surface area contributed by atoms with E-state index in [1.54, 1.807) is 18.2 Å². The van der Waals surface area contributed by atoms with E-state index in [1.165, 1.54) is 36.7 Å². The smallest absolute Gasteiger partial charge is 0.269 e. The highest BCUT2D eigenvalue weighted by Gasteiger charge is 2.02. The van der Waals surface area contributed by atoms with Gasteiger partial charge >= 0.3 is 0 Å². The van der Waals surface area contributed by atoms with E-state index in [4.69, 9.17) is 0 Å². The minimum Gasteiger partial charge on any atom is -0.305 e. The number of hydrogen-bond donors (Lipinski definition) is 0. The highest BCUT2D eigenvalue weighted by atomic mass is 32.2. The molecule has 5 heteroatoms. The van der Waals surface area contributed by atoms with Crippen molar-refractivity contribution in [3.8, 4) is 0 Å². The number of nitro benzene ring substituents is 1. The first-order valence-corrected chi connectivity index (χ1v) is 6.31. The quantitative estimate of drug-likeness (QED) is 0.558. The van der Waals surface area contributed by atoms with Crippen molar-refractivity contribution in [3.63, 3.8) is 0 Å².